The van der Waals surface area contributed by atoms with Crippen LogP contribution in [-0.4, -0.2) is 43.3 Å². The Morgan fingerprint density at radius 2 is 2.45 bits per heavy atom. The van der Waals surface area contributed by atoms with Gasteiger partial charge in [-0.2, -0.15) is 0 Å². The first kappa shape index (κ1) is 7.53. The second-order valence-electron chi connectivity index (χ2n) is 3.48. The fourth-order valence-corrected chi connectivity index (χ4v) is 2.03. The van der Waals surface area contributed by atoms with Crippen LogP contribution in [0.4, 0.5) is 0 Å². The maximum absolute atomic E-state index is 5.57. The molecule has 2 aliphatic rings. The Morgan fingerprint density at radius 1 is 1.55 bits per heavy atom. The predicted molar refractivity (Wildman–Crippen MR) is 43.4 cm³/mol. The van der Waals surface area contributed by atoms with E-state index in [1.54, 1.807) is 0 Å². The van der Waals surface area contributed by atoms with E-state index in [0.29, 0.717) is 18.7 Å². The van der Waals surface area contributed by atoms with E-state index in [1.807, 2.05) is 0 Å². The monoisotopic (exact) mass is 156 g/mol. The summed E-state index contributed by atoms with van der Waals surface area (Å²) < 4.78 is 5.57. The second-order valence-corrected chi connectivity index (χ2v) is 3.48. The van der Waals surface area contributed by atoms with Crippen LogP contribution in [0.15, 0.2) is 0 Å². The van der Waals surface area contributed by atoms with Crippen molar-refractivity contribution in [2.75, 3.05) is 26.2 Å². The summed E-state index contributed by atoms with van der Waals surface area (Å²) in [5.74, 6) is 0. The summed E-state index contributed by atoms with van der Waals surface area (Å²) in [5.41, 5.74) is 5.53. The number of morpholine rings is 1. The molecule has 3 heteroatoms. The average molecular weight is 156 g/mol. The lowest BCUT2D eigenvalue weighted by Crippen LogP contribution is -2.48. The molecule has 2 unspecified atom stereocenters. The number of fused-ring (bicyclic) bond motifs is 1. The van der Waals surface area contributed by atoms with Crippen molar-refractivity contribution in [1.82, 2.24) is 4.90 Å². The van der Waals surface area contributed by atoms with Gasteiger partial charge in [0.05, 0.1) is 12.7 Å². The Hall–Kier alpha value is -0.120. The Morgan fingerprint density at radius 3 is 3.27 bits per heavy atom. The minimum Gasteiger partial charge on any atom is -0.374 e. The van der Waals surface area contributed by atoms with E-state index >= 15 is 0 Å². The van der Waals surface area contributed by atoms with Crippen molar-refractivity contribution in [3.05, 3.63) is 0 Å². The molecule has 0 radical (unpaired) electrons. The zero-order chi connectivity index (χ0) is 7.68. The molecule has 0 aromatic heterocycles. The first-order chi connectivity index (χ1) is 5.40. The van der Waals surface area contributed by atoms with Gasteiger partial charge < -0.3 is 10.5 Å². The molecule has 11 heavy (non-hydrogen) atoms. The highest BCUT2D eigenvalue weighted by atomic mass is 16.5. The van der Waals surface area contributed by atoms with Crippen LogP contribution in [0.3, 0.4) is 0 Å². The lowest BCUT2D eigenvalue weighted by atomic mass is 10.2. The van der Waals surface area contributed by atoms with Crippen molar-refractivity contribution >= 4 is 0 Å². The SMILES string of the molecule is NCC1CN2CCCC2CO1. The van der Waals surface area contributed by atoms with Crippen molar-refractivity contribution in [1.29, 1.82) is 0 Å². The molecule has 0 aromatic rings. The minimum absolute atomic E-state index is 0.296. The molecular formula is C8H16N2O. The third kappa shape index (κ3) is 1.41. The van der Waals surface area contributed by atoms with Crippen LogP contribution in [0.2, 0.25) is 0 Å². The highest BCUT2D eigenvalue weighted by Crippen LogP contribution is 2.21. The predicted octanol–water partition coefficient (Wildman–Crippen LogP) is -0.192. The van der Waals surface area contributed by atoms with Gasteiger partial charge >= 0.3 is 0 Å². The molecule has 0 bridgehead atoms. The number of nitrogens with two attached hydrogens (primary N) is 1. The molecule has 2 saturated heterocycles. The molecule has 0 aliphatic carbocycles. The van der Waals surface area contributed by atoms with Gasteiger partial charge in [0.1, 0.15) is 0 Å². The van der Waals surface area contributed by atoms with Crippen molar-refractivity contribution in [3.63, 3.8) is 0 Å². The van der Waals surface area contributed by atoms with Gasteiger partial charge in [0.2, 0.25) is 0 Å². The molecule has 0 aromatic carbocycles. The second kappa shape index (κ2) is 3.09. The van der Waals surface area contributed by atoms with Crippen molar-refractivity contribution < 1.29 is 4.74 Å². The van der Waals surface area contributed by atoms with Crippen LogP contribution in [0, 0.1) is 0 Å². The Bertz CT molecular complexity index is 140. The highest BCUT2D eigenvalue weighted by molar-refractivity contribution is 4.85. The van der Waals surface area contributed by atoms with Gasteiger partial charge in [0.15, 0.2) is 0 Å². The van der Waals surface area contributed by atoms with E-state index in [4.69, 9.17) is 10.5 Å². The fourth-order valence-electron chi connectivity index (χ4n) is 2.03. The smallest absolute Gasteiger partial charge is 0.0824 e. The maximum Gasteiger partial charge on any atom is 0.0824 e. The van der Waals surface area contributed by atoms with Crippen LogP contribution in [-0.2, 0) is 4.74 Å². The first-order valence-electron chi connectivity index (χ1n) is 4.46. The van der Waals surface area contributed by atoms with Gasteiger partial charge in [-0.1, -0.05) is 0 Å². The summed E-state index contributed by atoms with van der Waals surface area (Å²) in [6.07, 6.45) is 2.95. The van der Waals surface area contributed by atoms with Gasteiger partial charge in [0, 0.05) is 19.1 Å². The molecule has 2 rings (SSSR count). The summed E-state index contributed by atoms with van der Waals surface area (Å²) in [6.45, 7) is 3.89. The third-order valence-electron chi connectivity index (χ3n) is 2.72. The number of rotatable bonds is 1. The molecule has 3 nitrogen and oxygen atoms in total. The highest BCUT2D eigenvalue weighted by Gasteiger charge is 2.31. The number of ether oxygens (including phenoxy) is 1. The van der Waals surface area contributed by atoms with E-state index in [2.05, 4.69) is 4.90 Å². The normalized spacial score (nSPS) is 39.0. The summed E-state index contributed by atoms with van der Waals surface area (Å²) in [4.78, 5) is 2.51. The fraction of sp³-hybridized carbons (Fsp3) is 1.00. The van der Waals surface area contributed by atoms with Crippen molar-refractivity contribution in [2.45, 2.75) is 25.0 Å². The summed E-state index contributed by atoms with van der Waals surface area (Å²) in [7, 11) is 0. The molecule has 2 atom stereocenters. The van der Waals surface area contributed by atoms with E-state index in [0.717, 1.165) is 13.2 Å². The van der Waals surface area contributed by atoms with Crippen LogP contribution in [0.1, 0.15) is 12.8 Å². The first-order valence-corrected chi connectivity index (χ1v) is 4.46. The molecule has 64 valence electrons. The lowest BCUT2D eigenvalue weighted by Gasteiger charge is -2.34. The molecule has 2 N–H and O–H groups in total. The zero-order valence-corrected chi connectivity index (χ0v) is 6.83. The molecule has 2 heterocycles. The largest absolute Gasteiger partial charge is 0.374 e. The van der Waals surface area contributed by atoms with Crippen LogP contribution >= 0.6 is 0 Å². The van der Waals surface area contributed by atoms with Gasteiger partial charge in [-0.15, -0.1) is 0 Å². The minimum atomic E-state index is 0.296. The summed E-state index contributed by atoms with van der Waals surface area (Å²) >= 11 is 0. The van der Waals surface area contributed by atoms with Crippen LogP contribution in [0.25, 0.3) is 0 Å². The third-order valence-corrected chi connectivity index (χ3v) is 2.72. The molecule has 2 fully saturated rings. The van der Waals surface area contributed by atoms with Gasteiger partial charge in [-0.25, -0.2) is 0 Å². The summed E-state index contributed by atoms with van der Waals surface area (Å²) in [5, 5.41) is 0. The van der Waals surface area contributed by atoms with Crippen molar-refractivity contribution in [3.8, 4) is 0 Å². The number of hydrogen-bond acceptors (Lipinski definition) is 3. The van der Waals surface area contributed by atoms with Crippen molar-refractivity contribution in [2.24, 2.45) is 5.73 Å². The molecule has 0 spiro atoms. The average Bonchev–Trinajstić information content (AvgIpc) is 2.50. The molecule has 0 saturated carbocycles. The maximum atomic E-state index is 5.57. The quantitative estimate of drug-likeness (QED) is 0.572. The van der Waals surface area contributed by atoms with Crippen LogP contribution in [0.5, 0.6) is 0 Å². The molecular weight excluding hydrogens is 140 g/mol. The summed E-state index contributed by atoms with van der Waals surface area (Å²) in [6, 6.07) is 0.706. The van der Waals surface area contributed by atoms with E-state index in [-0.39, 0.29) is 0 Å². The number of hydrogen-bond donors (Lipinski definition) is 1. The van der Waals surface area contributed by atoms with Gasteiger partial charge in [-0.3, -0.25) is 4.90 Å². The Labute approximate surface area is 67.5 Å². The van der Waals surface area contributed by atoms with E-state index in [1.165, 1.54) is 19.4 Å². The van der Waals surface area contributed by atoms with E-state index < -0.39 is 0 Å². The Balaban J connectivity index is 1.91. The van der Waals surface area contributed by atoms with Gasteiger partial charge in [0.25, 0.3) is 0 Å². The standard InChI is InChI=1S/C8H16N2O/c9-4-8-5-10-3-1-2-7(10)6-11-8/h7-8H,1-6,9H2. The zero-order valence-electron chi connectivity index (χ0n) is 6.83. The Kier molecular flexibility index (Phi) is 2.11. The van der Waals surface area contributed by atoms with Crippen LogP contribution < -0.4 is 5.73 Å². The van der Waals surface area contributed by atoms with Gasteiger partial charge in [-0.05, 0) is 19.4 Å². The molecule has 2 aliphatic heterocycles. The molecule has 0 amide bonds. The topological polar surface area (TPSA) is 38.5 Å². The lowest BCUT2D eigenvalue weighted by molar-refractivity contribution is -0.0434. The van der Waals surface area contributed by atoms with E-state index in [9.17, 15) is 0 Å². The number of nitrogens with zero attached hydrogens (tertiary/aromatic N) is 1.